The molecule has 0 bridgehead atoms. The fourth-order valence-corrected chi connectivity index (χ4v) is 2.55. The highest BCUT2D eigenvalue weighted by Crippen LogP contribution is 2.23. The minimum absolute atomic E-state index is 0.0380. The summed E-state index contributed by atoms with van der Waals surface area (Å²) in [6, 6.07) is 7.50. The number of halogens is 1. The van der Waals surface area contributed by atoms with Crippen LogP contribution in [-0.4, -0.2) is 19.0 Å². The van der Waals surface area contributed by atoms with Gasteiger partial charge in [-0.05, 0) is 36.6 Å². The Kier molecular flexibility index (Phi) is 4.70. The number of anilines is 1. The van der Waals surface area contributed by atoms with Crippen LogP contribution in [0.3, 0.4) is 0 Å². The van der Waals surface area contributed by atoms with Crippen LogP contribution in [0.1, 0.15) is 28.1 Å². The number of hydrogen-bond acceptors (Lipinski definition) is 4. The van der Waals surface area contributed by atoms with Crippen LogP contribution < -0.4 is 5.32 Å². The largest absolute Gasteiger partial charge is 0.465 e. The summed E-state index contributed by atoms with van der Waals surface area (Å²) in [6.45, 7) is 1.75. The summed E-state index contributed by atoms with van der Waals surface area (Å²) in [5.41, 5.74) is 0.135. The fourth-order valence-electron chi connectivity index (χ4n) is 1.77. The van der Waals surface area contributed by atoms with Gasteiger partial charge in [-0.3, -0.25) is 4.79 Å². The molecule has 0 fully saturated rings. The second-order valence-corrected chi connectivity index (χ2v) is 5.39. The Labute approximate surface area is 125 Å². The van der Waals surface area contributed by atoms with Crippen molar-refractivity contribution in [2.45, 2.75) is 12.8 Å². The van der Waals surface area contributed by atoms with Crippen molar-refractivity contribution < 1.29 is 18.7 Å². The summed E-state index contributed by atoms with van der Waals surface area (Å²) in [5.74, 6) is -1.98. The van der Waals surface area contributed by atoms with E-state index in [4.69, 9.17) is 0 Å². The Morgan fingerprint density at radius 1 is 1.33 bits per heavy atom. The second-order valence-electron chi connectivity index (χ2n) is 4.41. The Morgan fingerprint density at radius 3 is 2.67 bits per heavy atom. The number of thiophene rings is 1. The molecule has 1 amide bonds. The predicted octanol–water partition coefficient (Wildman–Crippen LogP) is 3.42. The average Bonchev–Trinajstić information content (AvgIpc) is 3.01. The predicted molar refractivity (Wildman–Crippen MR) is 79.1 cm³/mol. The lowest BCUT2D eigenvalue weighted by atomic mass is 10.1. The standard InChI is InChI=1S/C15H14FNO3S/c1-9(13-4-3-7-21-13)14(18)17-12-6-5-10(8-11(12)16)15(19)20-2/h3-9H,1-2H3,(H,17,18). The fraction of sp³-hybridized carbons (Fsp3) is 0.200. The summed E-state index contributed by atoms with van der Waals surface area (Å²) in [5, 5.41) is 4.40. The molecule has 1 heterocycles. The van der Waals surface area contributed by atoms with E-state index in [2.05, 4.69) is 10.1 Å². The lowest BCUT2D eigenvalue weighted by Gasteiger charge is -2.11. The maximum absolute atomic E-state index is 13.9. The molecule has 0 saturated carbocycles. The van der Waals surface area contributed by atoms with E-state index >= 15 is 0 Å². The smallest absolute Gasteiger partial charge is 0.337 e. The van der Waals surface area contributed by atoms with Gasteiger partial charge in [0, 0.05) is 4.88 Å². The van der Waals surface area contributed by atoms with Crippen molar-refractivity contribution in [2.75, 3.05) is 12.4 Å². The van der Waals surface area contributed by atoms with Gasteiger partial charge in [0.05, 0.1) is 24.3 Å². The van der Waals surface area contributed by atoms with Crippen molar-refractivity contribution >= 4 is 28.9 Å². The molecule has 4 nitrogen and oxygen atoms in total. The number of hydrogen-bond donors (Lipinski definition) is 1. The van der Waals surface area contributed by atoms with Gasteiger partial charge in [-0.2, -0.15) is 0 Å². The molecule has 1 aromatic heterocycles. The quantitative estimate of drug-likeness (QED) is 0.881. The van der Waals surface area contributed by atoms with E-state index in [-0.39, 0.29) is 23.1 Å². The van der Waals surface area contributed by atoms with Crippen LogP contribution in [0.4, 0.5) is 10.1 Å². The van der Waals surface area contributed by atoms with Crippen molar-refractivity contribution in [3.63, 3.8) is 0 Å². The molecular formula is C15H14FNO3S. The summed E-state index contributed by atoms with van der Waals surface area (Å²) in [6.07, 6.45) is 0. The van der Waals surface area contributed by atoms with Crippen molar-refractivity contribution in [1.82, 2.24) is 0 Å². The van der Waals surface area contributed by atoms with Crippen LogP contribution in [0, 0.1) is 5.82 Å². The maximum atomic E-state index is 13.9. The third kappa shape index (κ3) is 3.46. The van der Waals surface area contributed by atoms with Gasteiger partial charge in [0.15, 0.2) is 0 Å². The average molecular weight is 307 g/mol. The Hall–Kier alpha value is -2.21. The third-order valence-electron chi connectivity index (χ3n) is 3.01. The van der Waals surface area contributed by atoms with Crippen LogP contribution in [0.2, 0.25) is 0 Å². The van der Waals surface area contributed by atoms with E-state index in [1.807, 2.05) is 17.5 Å². The molecule has 1 aromatic carbocycles. The van der Waals surface area contributed by atoms with E-state index in [0.717, 1.165) is 10.9 Å². The van der Waals surface area contributed by atoms with Crippen molar-refractivity contribution in [3.8, 4) is 0 Å². The molecule has 1 unspecified atom stereocenters. The molecule has 0 aliphatic carbocycles. The van der Waals surface area contributed by atoms with Gasteiger partial charge in [-0.1, -0.05) is 6.07 Å². The third-order valence-corrected chi connectivity index (χ3v) is 4.07. The Balaban J connectivity index is 2.13. The highest BCUT2D eigenvalue weighted by atomic mass is 32.1. The van der Waals surface area contributed by atoms with Crippen molar-refractivity contribution in [1.29, 1.82) is 0 Å². The van der Waals surface area contributed by atoms with E-state index in [1.54, 1.807) is 6.92 Å². The first-order chi connectivity index (χ1) is 10.0. The minimum atomic E-state index is -0.676. The minimum Gasteiger partial charge on any atom is -0.465 e. The van der Waals surface area contributed by atoms with Gasteiger partial charge < -0.3 is 10.1 Å². The number of nitrogens with one attached hydrogen (secondary N) is 1. The van der Waals surface area contributed by atoms with E-state index in [0.29, 0.717) is 0 Å². The maximum Gasteiger partial charge on any atom is 0.337 e. The highest BCUT2D eigenvalue weighted by Gasteiger charge is 2.18. The summed E-state index contributed by atoms with van der Waals surface area (Å²) in [4.78, 5) is 24.3. The van der Waals surface area contributed by atoms with Crippen LogP contribution in [0.15, 0.2) is 35.7 Å². The number of ether oxygens (including phenoxy) is 1. The number of rotatable bonds is 4. The molecule has 0 saturated heterocycles. The first-order valence-electron chi connectivity index (χ1n) is 6.25. The lowest BCUT2D eigenvalue weighted by Crippen LogP contribution is -2.19. The van der Waals surface area contributed by atoms with Gasteiger partial charge in [0.2, 0.25) is 5.91 Å². The molecular weight excluding hydrogens is 293 g/mol. The van der Waals surface area contributed by atoms with E-state index in [1.165, 1.54) is 30.6 Å². The van der Waals surface area contributed by atoms with Gasteiger partial charge in [0.25, 0.3) is 0 Å². The van der Waals surface area contributed by atoms with Crippen LogP contribution >= 0.6 is 11.3 Å². The number of amides is 1. The number of benzene rings is 1. The molecule has 6 heteroatoms. The van der Waals surface area contributed by atoms with E-state index in [9.17, 15) is 14.0 Å². The molecule has 0 radical (unpaired) electrons. The molecule has 0 aliphatic rings. The zero-order chi connectivity index (χ0) is 15.4. The zero-order valence-corrected chi connectivity index (χ0v) is 12.4. The number of carbonyl (C=O) groups is 2. The molecule has 2 aromatic rings. The molecule has 0 spiro atoms. The number of esters is 1. The monoisotopic (exact) mass is 307 g/mol. The molecule has 1 N–H and O–H groups in total. The molecule has 1 atom stereocenters. The first-order valence-corrected chi connectivity index (χ1v) is 7.13. The summed E-state index contributed by atoms with van der Waals surface area (Å²) in [7, 11) is 1.22. The highest BCUT2D eigenvalue weighted by molar-refractivity contribution is 7.10. The second kappa shape index (κ2) is 6.49. The SMILES string of the molecule is COC(=O)c1ccc(NC(=O)C(C)c2cccs2)c(F)c1. The van der Waals surface area contributed by atoms with Crippen molar-refractivity contribution in [2.24, 2.45) is 0 Å². The molecule has 21 heavy (non-hydrogen) atoms. The topological polar surface area (TPSA) is 55.4 Å². The molecule has 2 rings (SSSR count). The summed E-state index contributed by atoms with van der Waals surface area (Å²) >= 11 is 1.47. The zero-order valence-electron chi connectivity index (χ0n) is 11.6. The van der Waals surface area contributed by atoms with Crippen LogP contribution in [0.5, 0.6) is 0 Å². The number of methoxy groups -OCH3 is 1. The molecule has 110 valence electrons. The Bertz CT molecular complexity index is 655. The van der Waals surface area contributed by atoms with Gasteiger partial charge >= 0.3 is 5.97 Å². The van der Waals surface area contributed by atoms with Crippen LogP contribution in [0.25, 0.3) is 0 Å². The Morgan fingerprint density at radius 2 is 2.10 bits per heavy atom. The van der Waals surface area contributed by atoms with Gasteiger partial charge in [0.1, 0.15) is 5.82 Å². The van der Waals surface area contributed by atoms with Crippen molar-refractivity contribution in [3.05, 3.63) is 52.0 Å². The first kappa shape index (κ1) is 15.2. The van der Waals surface area contributed by atoms with Crippen LogP contribution in [-0.2, 0) is 9.53 Å². The number of carbonyl (C=O) groups excluding carboxylic acids is 2. The lowest BCUT2D eigenvalue weighted by molar-refractivity contribution is -0.117. The molecule has 0 aliphatic heterocycles. The summed E-state index contributed by atoms with van der Waals surface area (Å²) < 4.78 is 18.4. The van der Waals surface area contributed by atoms with E-state index < -0.39 is 11.8 Å². The van der Waals surface area contributed by atoms with Gasteiger partial charge in [-0.15, -0.1) is 11.3 Å². The van der Waals surface area contributed by atoms with Gasteiger partial charge in [-0.25, -0.2) is 9.18 Å². The normalized spacial score (nSPS) is 11.8.